The van der Waals surface area contributed by atoms with Gasteiger partial charge in [0.2, 0.25) is 5.69 Å². The van der Waals surface area contributed by atoms with Crippen LogP contribution in [0, 0.1) is 17.5 Å². The zero-order chi connectivity index (χ0) is 21.3. The van der Waals surface area contributed by atoms with E-state index in [2.05, 4.69) is 15.2 Å². The van der Waals surface area contributed by atoms with Crippen LogP contribution in [0.5, 0.6) is 5.75 Å². The van der Waals surface area contributed by atoms with Gasteiger partial charge in [0.1, 0.15) is 0 Å². The number of carbonyl (C=O) groups is 1. The van der Waals surface area contributed by atoms with Crippen LogP contribution < -0.4 is 10.1 Å². The van der Waals surface area contributed by atoms with E-state index in [1.54, 1.807) is 0 Å². The molecule has 0 atom stereocenters. The van der Waals surface area contributed by atoms with Crippen LogP contribution >= 0.6 is 0 Å². The van der Waals surface area contributed by atoms with Gasteiger partial charge in [-0.3, -0.25) is 10.00 Å². The highest BCUT2D eigenvalue weighted by Gasteiger charge is 2.38. The van der Waals surface area contributed by atoms with Gasteiger partial charge in [0, 0.05) is 18.2 Å². The molecule has 0 bridgehead atoms. The molecule has 1 aromatic heterocycles. The minimum absolute atomic E-state index is 0.0388. The quantitative estimate of drug-likeness (QED) is 0.477. The second kappa shape index (κ2) is 7.49. The van der Waals surface area contributed by atoms with Gasteiger partial charge in [0.05, 0.1) is 11.9 Å². The van der Waals surface area contributed by atoms with Gasteiger partial charge in [-0.1, -0.05) is 18.2 Å². The van der Waals surface area contributed by atoms with Crippen molar-refractivity contribution < 1.29 is 35.9 Å². The van der Waals surface area contributed by atoms with Crippen LogP contribution in [0.4, 0.5) is 36.8 Å². The van der Waals surface area contributed by atoms with E-state index in [9.17, 15) is 31.1 Å². The predicted octanol–water partition coefficient (Wildman–Crippen LogP) is 5.13. The molecular weight excluding hydrogens is 404 g/mol. The summed E-state index contributed by atoms with van der Waals surface area (Å²) in [7, 11) is 1.21. The minimum Gasteiger partial charge on any atom is -0.406 e. The van der Waals surface area contributed by atoms with Gasteiger partial charge in [0.15, 0.2) is 23.2 Å². The number of para-hydroxylation sites is 1. The minimum atomic E-state index is -4.86. The molecule has 5 nitrogen and oxygen atoms in total. The molecule has 29 heavy (non-hydrogen) atoms. The predicted molar refractivity (Wildman–Crippen MR) is 89.6 cm³/mol. The lowest BCUT2D eigenvalue weighted by Gasteiger charge is -2.13. The summed E-state index contributed by atoms with van der Waals surface area (Å²) >= 11 is 0. The van der Waals surface area contributed by atoms with Crippen molar-refractivity contribution in [3.8, 4) is 16.9 Å². The van der Waals surface area contributed by atoms with E-state index in [-0.39, 0.29) is 16.8 Å². The first-order valence-corrected chi connectivity index (χ1v) is 7.90. The number of rotatable bonds is 3. The van der Waals surface area contributed by atoms with Crippen LogP contribution in [0.1, 0.15) is 5.69 Å². The summed E-state index contributed by atoms with van der Waals surface area (Å²) in [6.45, 7) is 0. The number of nitrogens with zero attached hydrogens (tertiary/aromatic N) is 2. The van der Waals surface area contributed by atoms with E-state index >= 15 is 0 Å². The molecule has 0 aliphatic heterocycles. The van der Waals surface area contributed by atoms with Gasteiger partial charge in [-0.25, -0.2) is 18.0 Å². The summed E-state index contributed by atoms with van der Waals surface area (Å²) < 4.78 is 85.1. The number of aromatic nitrogens is 2. The Hall–Kier alpha value is -3.50. The number of hydrogen-bond acceptors (Lipinski definition) is 3. The number of ether oxygens (including phenoxy) is 1. The molecule has 0 radical (unpaired) electrons. The molecule has 0 aliphatic rings. The van der Waals surface area contributed by atoms with Crippen LogP contribution in [-0.4, -0.2) is 15.9 Å². The Kier molecular flexibility index (Phi) is 5.23. The van der Waals surface area contributed by atoms with Crippen LogP contribution in [-0.2, 0) is 13.2 Å². The largest absolute Gasteiger partial charge is 0.438 e. The summed E-state index contributed by atoms with van der Waals surface area (Å²) in [6.07, 6.45) is -5.33. The monoisotopic (exact) mass is 415 g/mol. The average molecular weight is 415 g/mol. The number of benzene rings is 2. The number of halogens is 6. The molecule has 3 aromatic rings. The normalized spacial score (nSPS) is 11.4. The number of amides is 1. The second-order valence-corrected chi connectivity index (χ2v) is 5.80. The second-order valence-electron chi connectivity index (χ2n) is 5.80. The Morgan fingerprint density at radius 3 is 2.41 bits per heavy atom. The molecule has 0 aliphatic carbocycles. The van der Waals surface area contributed by atoms with Crippen LogP contribution in [0.15, 0.2) is 42.6 Å². The smallest absolute Gasteiger partial charge is 0.406 e. The molecule has 0 saturated heterocycles. The molecule has 11 heteroatoms. The van der Waals surface area contributed by atoms with Gasteiger partial charge >= 0.3 is 12.3 Å². The van der Waals surface area contributed by atoms with Crippen molar-refractivity contribution in [2.45, 2.75) is 6.18 Å². The molecule has 1 N–H and O–H groups in total. The Bertz CT molecular complexity index is 1080. The van der Waals surface area contributed by atoms with Crippen molar-refractivity contribution in [1.82, 2.24) is 9.78 Å². The highest BCUT2D eigenvalue weighted by molar-refractivity contribution is 5.92. The highest BCUT2D eigenvalue weighted by atomic mass is 19.4. The lowest BCUT2D eigenvalue weighted by Crippen LogP contribution is -2.19. The Labute approximate surface area is 159 Å². The van der Waals surface area contributed by atoms with Gasteiger partial charge in [0.25, 0.3) is 0 Å². The molecule has 1 heterocycles. The number of hydrogen-bond donors (Lipinski definition) is 1. The zero-order valence-electron chi connectivity index (χ0n) is 14.5. The standard InChI is InChI=1S/C18H11F6N3O2/c1-27-8-13(16(26-27)18(22,23)24)29-17(28)25-12-5-3-2-4-9(12)10-6-7-11(19)15(21)14(10)20/h2-8H,1H3,(H,25,28). The first-order valence-electron chi connectivity index (χ1n) is 7.90. The fraction of sp³-hybridized carbons (Fsp3) is 0.111. The van der Waals surface area contributed by atoms with Crippen molar-refractivity contribution in [2.75, 3.05) is 5.32 Å². The summed E-state index contributed by atoms with van der Waals surface area (Å²) in [5.74, 6) is -5.43. The summed E-state index contributed by atoms with van der Waals surface area (Å²) in [6, 6.07) is 7.12. The zero-order valence-corrected chi connectivity index (χ0v) is 14.5. The van der Waals surface area contributed by atoms with E-state index in [1.807, 2.05) is 0 Å². The maximum absolute atomic E-state index is 14.1. The van der Waals surface area contributed by atoms with E-state index in [0.717, 1.165) is 16.9 Å². The van der Waals surface area contributed by atoms with Gasteiger partial charge in [-0.2, -0.15) is 18.3 Å². The van der Waals surface area contributed by atoms with E-state index in [4.69, 9.17) is 0 Å². The third-order valence-electron chi connectivity index (χ3n) is 3.76. The fourth-order valence-electron chi connectivity index (χ4n) is 2.53. The van der Waals surface area contributed by atoms with E-state index in [1.165, 1.54) is 31.3 Å². The van der Waals surface area contributed by atoms with Crippen molar-refractivity contribution in [2.24, 2.45) is 7.05 Å². The van der Waals surface area contributed by atoms with E-state index < -0.39 is 41.2 Å². The fourth-order valence-corrected chi connectivity index (χ4v) is 2.53. The van der Waals surface area contributed by atoms with Gasteiger partial charge in [-0.15, -0.1) is 0 Å². The van der Waals surface area contributed by atoms with Crippen LogP contribution in [0.3, 0.4) is 0 Å². The molecular formula is C18H11F6N3O2. The van der Waals surface area contributed by atoms with Gasteiger partial charge < -0.3 is 4.74 Å². The SMILES string of the molecule is Cn1cc(OC(=O)Nc2ccccc2-c2ccc(F)c(F)c2F)c(C(F)(F)F)n1. The first-order chi connectivity index (χ1) is 13.6. The molecule has 0 saturated carbocycles. The van der Waals surface area contributed by atoms with Gasteiger partial charge in [-0.05, 0) is 18.2 Å². The van der Waals surface area contributed by atoms with Crippen molar-refractivity contribution in [3.63, 3.8) is 0 Å². The van der Waals surface area contributed by atoms with Crippen molar-refractivity contribution in [3.05, 3.63) is 65.7 Å². The number of aryl methyl sites for hydroxylation is 1. The number of nitrogens with one attached hydrogen (secondary N) is 1. The lowest BCUT2D eigenvalue weighted by molar-refractivity contribution is -0.142. The molecule has 0 fully saturated rings. The maximum atomic E-state index is 14.1. The molecule has 0 spiro atoms. The molecule has 152 valence electrons. The van der Waals surface area contributed by atoms with Crippen molar-refractivity contribution in [1.29, 1.82) is 0 Å². The molecule has 3 rings (SSSR count). The first kappa shape index (κ1) is 20.2. The Morgan fingerprint density at radius 2 is 1.72 bits per heavy atom. The number of anilines is 1. The van der Waals surface area contributed by atoms with Crippen LogP contribution in [0.25, 0.3) is 11.1 Å². The summed E-state index contributed by atoms with van der Waals surface area (Å²) in [4.78, 5) is 12.1. The number of alkyl halides is 3. The average Bonchev–Trinajstić information content (AvgIpc) is 3.01. The molecule has 2 aromatic carbocycles. The summed E-state index contributed by atoms with van der Waals surface area (Å²) in [5.41, 5.74) is -1.91. The molecule has 0 unspecified atom stereocenters. The van der Waals surface area contributed by atoms with Crippen LogP contribution in [0.2, 0.25) is 0 Å². The third kappa shape index (κ3) is 4.18. The topological polar surface area (TPSA) is 56.1 Å². The maximum Gasteiger partial charge on any atom is 0.438 e. The number of carbonyl (C=O) groups excluding carboxylic acids is 1. The molecule has 1 amide bonds. The summed E-state index contributed by atoms with van der Waals surface area (Å²) in [5, 5.41) is 5.35. The Morgan fingerprint density at radius 1 is 1.03 bits per heavy atom. The third-order valence-corrected chi connectivity index (χ3v) is 3.76. The lowest BCUT2D eigenvalue weighted by atomic mass is 10.0. The Balaban J connectivity index is 1.90. The highest BCUT2D eigenvalue weighted by Crippen LogP contribution is 2.35. The van der Waals surface area contributed by atoms with E-state index in [0.29, 0.717) is 6.07 Å². The van der Waals surface area contributed by atoms with Crippen molar-refractivity contribution >= 4 is 11.8 Å².